The Kier molecular flexibility index (Phi) is 6.61. The summed E-state index contributed by atoms with van der Waals surface area (Å²) in [4.78, 5) is 37.2. The van der Waals surface area contributed by atoms with Crippen LogP contribution in [0.3, 0.4) is 0 Å². The number of halogens is 2. The van der Waals surface area contributed by atoms with Crippen molar-refractivity contribution in [2.45, 2.75) is 0 Å². The molecule has 0 saturated heterocycles. The van der Waals surface area contributed by atoms with E-state index in [2.05, 4.69) is 0 Å². The zero-order chi connectivity index (χ0) is 22.0. The summed E-state index contributed by atoms with van der Waals surface area (Å²) in [6, 6.07) is 15.3. The van der Waals surface area contributed by atoms with Crippen LogP contribution < -0.4 is 4.90 Å². The second-order valence-electron chi connectivity index (χ2n) is 6.09. The van der Waals surface area contributed by atoms with Crippen LogP contribution in [0.15, 0.2) is 60.7 Å². The highest BCUT2D eigenvalue weighted by Crippen LogP contribution is 2.41. The maximum absolute atomic E-state index is 12.0. The normalized spacial score (nSPS) is 10.5. The lowest BCUT2D eigenvalue weighted by atomic mass is 10.0. The molecule has 0 aromatic heterocycles. The number of para-hydroxylation sites is 1. The van der Waals surface area contributed by atoms with Crippen LogP contribution in [0.25, 0.3) is 0 Å². The summed E-state index contributed by atoms with van der Waals surface area (Å²) in [6.45, 7) is 0. The summed E-state index contributed by atoms with van der Waals surface area (Å²) in [5.74, 6) is -3.66. The molecule has 3 aromatic carbocycles. The van der Waals surface area contributed by atoms with E-state index in [1.54, 1.807) is 24.3 Å². The molecule has 0 heterocycles. The average molecular weight is 629 g/mol. The second-order valence-corrected chi connectivity index (χ2v) is 8.58. The SMILES string of the molecule is O=C(O)c1ccccc1N(c1ccc(I)cc1C(=O)O)c1ccc(I)cc1C(=O)O. The molecule has 9 heteroatoms. The highest BCUT2D eigenvalue weighted by atomic mass is 127. The molecule has 0 bridgehead atoms. The first-order chi connectivity index (χ1) is 14.2. The van der Waals surface area contributed by atoms with Gasteiger partial charge in [0.25, 0.3) is 0 Å². The number of benzene rings is 3. The van der Waals surface area contributed by atoms with E-state index in [0.717, 1.165) is 0 Å². The summed E-state index contributed by atoms with van der Waals surface area (Å²) in [6.07, 6.45) is 0. The lowest BCUT2D eigenvalue weighted by molar-refractivity contribution is 0.0688. The number of aromatic carboxylic acids is 3. The Balaban J connectivity index is 2.44. The van der Waals surface area contributed by atoms with E-state index in [-0.39, 0.29) is 33.8 Å². The fourth-order valence-electron chi connectivity index (χ4n) is 2.99. The maximum atomic E-state index is 12.0. The molecule has 0 aliphatic carbocycles. The Morgan fingerprint density at radius 2 is 1.00 bits per heavy atom. The third-order valence-electron chi connectivity index (χ3n) is 4.24. The van der Waals surface area contributed by atoms with E-state index in [4.69, 9.17) is 0 Å². The molecule has 0 aliphatic heterocycles. The van der Waals surface area contributed by atoms with E-state index in [1.165, 1.54) is 41.3 Å². The highest BCUT2D eigenvalue weighted by Gasteiger charge is 2.27. The van der Waals surface area contributed by atoms with Crippen molar-refractivity contribution in [1.29, 1.82) is 0 Å². The van der Waals surface area contributed by atoms with Crippen LogP contribution in [-0.4, -0.2) is 33.2 Å². The van der Waals surface area contributed by atoms with Crippen LogP contribution in [0.5, 0.6) is 0 Å². The monoisotopic (exact) mass is 629 g/mol. The van der Waals surface area contributed by atoms with Crippen molar-refractivity contribution in [1.82, 2.24) is 0 Å². The molecule has 0 atom stereocenters. The fraction of sp³-hybridized carbons (Fsp3) is 0. The van der Waals surface area contributed by atoms with Crippen LogP contribution in [0, 0.1) is 7.14 Å². The number of carboxylic acids is 3. The molecule has 3 rings (SSSR count). The largest absolute Gasteiger partial charge is 0.478 e. The third kappa shape index (κ3) is 4.41. The van der Waals surface area contributed by atoms with Crippen molar-refractivity contribution in [2.75, 3.05) is 4.90 Å². The lowest BCUT2D eigenvalue weighted by Crippen LogP contribution is -2.20. The number of carboxylic acid groups (broad SMARTS) is 3. The van der Waals surface area contributed by atoms with Gasteiger partial charge in [0, 0.05) is 7.14 Å². The van der Waals surface area contributed by atoms with Gasteiger partial charge in [0.05, 0.1) is 33.8 Å². The fourth-order valence-corrected chi connectivity index (χ4v) is 3.97. The van der Waals surface area contributed by atoms with Crippen molar-refractivity contribution in [3.63, 3.8) is 0 Å². The third-order valence-corrected chi connectivity index (χ3v) is 5.58. The van der Waals surface area contributed by atoms with Gasteiger partial charge in [-0.05, 0) is 93.7 Å². The van der Waals surface area contributed by atoms with Gasteiger partial charge >= 0.3 is 17.9 Å². The van der Waals surface area contributed by atoms with E-state index in [1.807, 2.05) is 45.2 Å². The highest BCUT2D eigenvalue weighted by molar-refractivity contribution is 14.1. The summed E-state index contributed by atoms with van der Waals surface area (Å²) >= 11 is 3.95. The Labute approximate surface area is 198 Å². The Morgan fingerprint density at radius 3 is 1.43 bits per heavy atom. The number of hydrogen-bond acceptors (Lipinski definition) is 4. The average Bonchev–Trinajstić information content (AvgIpc) is 2.70. The van der Waals surface area contributed by atoms with Crippen molar-refractivity contribution in [3.8, 4) is 0 Å². The van der Waals surface area contributed by atoms with Crippen molar-refractivity contribution < 1.29 is 29.7 Å². The summed E-state index contributed by atoms with van der Waals surface area (Å²) in [7, 11) is 0. The quantitative estimate of drug-likeness (QED) is 0.311. The Hall–Kier alpha value is -2.67. The molecule has 0 saturated carbocycles. The number of carbonyl (C=O) groups is 3. The molecule has 0 radical (unpaired) electrons. The first-order valence-corrected chi connectivity index (χ1v) is 10.5. The second kappa shape index (κ2) is 9.00. The Bertz CT molecular complexity index is 1110. The van der Waals surface area contributed by atoms with Crippen LogP contribution in [-0.2, 0) is 0 Å². The van der Waals surface area contributed by atoms with Gasteiger partial charge < -0.3 is 20.2 Å². The maximum Gasteiger partial charge on any atom is 0.337 e. The first-order valence-electron chi connectivity index (χ1n) is 8.39. The molecule has 30 heavy (non-hydrogen) atoms. The first kappa shape index (κ1) is 22.0. The molecule has 7 nitrogen and oxygen atoms in total. The van der Waals surface area contributed by atoms with Crippen LogP contribution in [0.4, 0.5) is 17.1 Å². The zero-order valence-electron chi connectivity index (χ0n) is 15.0. The van der Waals surface area contributed by atoms with Gasteiger partial charge in [-0.25, -0.2) is 14.4 Å². The van der Waals surface area contributed by atoms with Gasteiger partial charge in [-0.3, -0.25) is 0 Å². The number of anilines is 3. The molecular weight excluding hydrogens is 616 g/mol. The number of nitrogens with zero attached hydrogens (tertiary/aromatic N) is 1. The minimum absolute atomic E-state index is 0.0861. The minimum atomic E-state index is -1.22. The van der Waals surface area contributed by atoms with E-state index >= 15 is 0 Å². The molecule has 3 N–H and O–H groups in total. The molecular formula is C21H13I2NO6. The Morgan fingerprint density at radius 1 is 0.600 bits per heavy atom. The molecule has 0 aliphatic rings. The zero-order valence-corrected chi connectivity index (χ0v) is 19.4. The van der Waals surface area contributed by atoms with Crippen LogP contribution in [0.2, 0.25) is 0 Å². The number of rotatable bonds is 6. The van der Waals surface area contributed by atoms with Gasteiger partial charge in [0.1, 0.15) is 0 Å². The van der Waals surface area contributed by atoms with Gasteiger partial charge in [0.15, 0.2) is 0 Å². The minimum Gasteiger partial charge on any atom is -0.478 e. The van der Waals surface area contributed by atoms with Gasteiger partial charge in [-0.15, -0.1) is 0 Å². The van der Waals surface area contributed by atoms with E-state index in [0.29, 0.717) is 7.14 Å². The smallest absolute Gasteiger partial charge is 0.337 e. The van der Waals surface area contributed by atoms with E-state index < -0.39 is 17.9 Å². The standard InChI is InChI=1S/C21H13I2NO6/c22-11-5-7-17(14(9-11)20(27)28)24(16-4-2-1-3-13(16)19(25)26)18-8-6-12(23)10-15(18)21(29)30/h1-10H,(H,25,26)(H,27,28)(H,29,30). The van der Waals surface area contributed by atoms with Crippen molar-refractivity contribution >= 4 is 80.2 Å². The van der Waals surface area contributed by atoms with Crippen LogP contribution >= 0.6 is 45.2 Å². The van der Waals surface area contributed by atoms with Crippen LogP contribution in [0.1, 0.15) is 31.1 Å². The van der Waals surface area contributed by atoms with Gasteiger partial charge in [-0.1, -0.05) is 12.1 Å². The number of hydrogen-bond donors (Lipinski definition) is 3. The molecule has 0 spiro atoms. The van der Waals surface area contributed by atoms with Crippen molar-refractivity contribution in [3.05, 3.63) is 84.5 Å². The topological polar surface area (TPSA) is 115 Å². The molecule has 3 aromatic rings. The van der Waals surface area contributed by atoms with Gasteiger partial charge in [0.2, 0.25) is 0 Å². The van der Waals surface area contributed by atoms with Crippen molar-refractivity contribution in [2.24, 2.45) is 0 Å². The summed E-state index contributed by atoms with van der Waals surface area (Å²) in [5, 5.41) is 29.2. The lowest BCUT2D eigenvalue weighted by Gasteiger charge is -2.29. The molecule has 0 amide bonds. The summed E-state index contributed by atoms with van der Waals surface area (Å²) in [5.41, 5.74) is 0.189. The predicted octanol–water partition coefficient (Wildman–Crippen LogP) is 5.46. The van der Waals surface area contributed by atoms with E-state index in [9.17, 15) is 29.7 Å². The summed E-state index contributed by atoms with van der Waals surface area (Å²) < 4.78 is 1.34. The predicted molar refractivity (Wildman–Crippen MR) is 127 cm³/mol. The van der Waals surface area contributed by atoms with Gasteiger partial charge in [-0.2, -0.15) is 0 Å². The molecule has 0 unspecified atom stereocenters. The molecule has 0 fully saturated rings. The molecule has 152 valence electrons.